The van der Waals surface area contributed by atoms with Gasteiger partial charge in [-0.25, -0.2) is 0 Å². The van der Waals surface area contributed by atoms with E-state index in [4.69, 9.17) is 0 Å². The molecular weight excluding hydrogens is 222 g/mol. The van der Waals surface area contributed by atoms with Crippen LogP contribution in [0, 0.1) is 0 Å². The summed E-state index contributed by atoms with van der Waals surface area (Å²) < 4.78 is 0.398. The second-order valence-electron chi connectivity index (χ2n) is 4.54. The smallest absolute Gasteiger partial charge is 0.00755 e. The maximum Gasteiger partial charge on any atom is 0.00755 e. The summed E-state index contributed by atoms with van der Waals surface area (Å²) in [6.07, 6.45) is 1.16. The summed E-state index contributed by atoms with van der Waals surface area (Å²) in [6.45, 7) is 9.02. The van der Waals surface area contributed by atoms with E-state index in [-0.39, 0.29) is 0 Å². The zero-order chi connectivity index (χ0) is 11.1. The largest absolute Gasteiger partial charge is 0.316 e. The fourth-order valence-electron chi connectivity index (χ4n) is 1.22. The first-order chi connectivity index (χ1) is 7.08. The highest BCUT2D eigenvalue weighted by molar-refractivity contribution is 8.00. The van der Waals surface area contributed by atoms with Crippen molar-refractivity contribution in [2.45, 2.75) is 31.9 Å². The maximum atomic E-state index is 3.48. The number of thioether (sulfide) groups is 1. The molecule has 1 aromatic rings. The van der Waals surface area contributed by atoms with Crippen LogP contribution in [-0.2, 0) is 6.42 Å². The van der Waals surface area contributed by atoms with Gasteiger partial charge in [0, 0.05) is 21.9 Å². The Morgan fingerprint density at radius 1 is 1.33 bits per heavy atom. The van der Waals surface area contributed by atoms with Crippen LogP contribution >= 0.6 is 23.1 Å². The molecule has 1 heterocycles. The van der Waals surface area contributed by atoms with Gasteiger partial charge in [-0.2, -0.15) is 11.8 Å². The molecule has 1 aromatic heterocycles. The third-order valence-electron chi connectivity index (χ3n) is 1.94. The minimum atomic E-state index is 0.398. The normalized spacial score (nSPS) is 11.9. The highest BCUT2D eigenvalue weighted by Gasteiger charge is 2.08. The Kier molecular flexibility index (Phi) is 5.72. The van der Waals surface area contributed by atoms with E-state index >= 15 is 0 Å². The van der Waals surface area contributed by atoms with Gasteiger partial charge in [0.2, 0.25) is 0 Å². The highest BCUT2D eigenvalue weighted by Crippen LogP contribution is 2.21. The molecule has 0 fully saturated rings. The van der Waals surface area contributed by atoms with Crippen molar-refractivity contribution in [2.24, 2.45) is 0 Å². The van der Waals surface area contributed by atoms with E-state index in [0.29, 0.717) is 4.75 Å². The van der Waals surface area contributed by atoms with E-state index in [1.165, 1.54) is 10.6 Å². The van der Waals surface area contributed by atoms with Crippen LogP contribution in [0.25, 0.3) is 0 Å². The summed E-state index contributed by atoms with van der Waals surface area (Å²) in [5.41, 5.74) is 0. The summed E-state index contributed by atoms with van der Waals surface area (Å²) in [6, 6.07) is 4.33. The van der Waals surface area contributed by atoms with Crippen molar-refractivity contribution in [3.05, 3.63) is 22.4 Å². The summed E-state index contributed by atoms with van der Waals surface area (Å²) in [5, 5.41) is 5.63. The van der Waals surface area contributed by atoms with Crippen molar-refractivity contribution in [3.8, 4) is 0 Å². The molecule has 1 rings (SSSR count). The molecule has 0 unspecified atom stereocenters. The van der Waals surface area contributed by atoms with Gasteiger partial charge in [-0.15, -0.1) is 11.3 Å². The predicted octanol–water partition coefficient (Wildman–Crippen LogP) is 3.41. The average Bonchev–Trinajstić information content (AvgIpc) is 2.61. The minimum Gasteiger partial charge on any atom is -0.316 e. The Morgan fingerprint density at radius 2 is 2.13 bits per heavy atom. The van der Waals surface area contributed by atoms with E-state index in [0.717, 1.165) is 19.5 Å². The molecule has 0 atom stereocenters. The third-order valence-corrected chi connectivity index (χ3v) is 4.15. The van der Waals surface area contributed by atoms with Gasteiger partial charge >= 0.3 is 0 Å². The molecule has 1 N–H and O–H groups in total. The fraction of sp³-hybridized carbons (Fsp3) is 0.667. The maximum absolute atomic E-state index is 3.48. The van der Waals surface area contributed by atoms with Gasteiger partial charge in [0.05, 0.1) is 0 Å². The molecule has 0 aliphatic heterocycles. The lowest BCUT2D eigenvalue weighted by molar-refractivity contribution is 0.720. The number of hydrogen-bond acceptors (Lipinski definition) is 3. The van der Waals surface area contributed by atoms with Crippen molar-refractivity contribution in [3.63, 3.8) is 0 Å². The Balaban J connectivity index is 1.94. The van der Waals surface area contributed by atoms with E-state index in [1.54, 1.807) is 0 Å². The molecular formula is C12H21NS2. The van der Waals surface area contributed by atoms with E-state index in [2.05, 4.69) is 43.6 Å². The van der Waals surface area contributed by atoms with Crippen LogP contribution in [0.15, 0.2) is 17.5 Å². The Hall–Kier alpha value is 0.01000. The Labute approximate surface area is 102 Å². The quantitative estimate of drug-likeness (QED) is 0.769. The zero-order valence-corrected chi connectivity index (χ0v) is 11.5. The topological polar surface area (TPSA) is 12.0 Å². The third kappa shape index (κ3) is 6.98. The van der Waals surface area contributed by atoms with Crippen molar-refractivity contribution < 1.29 is 0 Å². The molecule has 86 valence electrons. The molecule has 0 aromatic carbocycles. The first kappa shape index (κ1) is 13.1. The molecule has 0 bridgehead atoms. The molecule has 1 nitrogen and oxygen atoms in total. The number of hydrogen-bond donors (Lipinski definition) is 1. The van der Waals surface area contributed by atoms with Gasteiger partial charge in [0.15, 0.2) is 0 Å². The summed E-state index contributed by atoms with van der Waals surface area (Å²) in [7, 11) is 0. The summed E-state index contributed by atoms with van der Waals surface area (Å²) in [4.78, 5) is 1.48. The minimum absolute atomic E-state index is 0.398. The Bertz CT molecular complexity index is 249. The van der Waals surface area contributed by atoms with Crippen LogP contribution in [0.2, 0.25) is 0 Å². The van der Waals surface area contributed by atoms with Crippen molar-refractivity contribution >= 4 is 23.1 Å². The first-order valence-corrected chi connectivity index (χ1v) is 7.31. The van der Waals surface area contributed by atoms with E-state index in [9.17, 15) is 0 Å². The molecule has 3 heteroatoms. The molecule has 0 spiro atoms. The summed E-state index contributed by atoms with van der Waals surface area (Å²) >= 11 is 3.87. The number of thiophene rings is 1. The van der Waals surface area contributed by atoms with Crippen molar-refractivity contribution in [1.29, 1.82) is 0 Å². The van der Waals surface area contributed by atoms with E-state index in [1.807, 2.05) is 23.1 Å². The fourth-order valence-corrected chi connectivity index (χ4v) is 2.79. The monoisotopic (exact) mass is 243 g/mol. The number of nitrogens with one attached hydrogen (secondary N) is 1. The van der Waals surface area contributed by atoms with Crippen LogP contribution in [0.5, 0.6) is 0 Å². The predicted molar refractivity (Wildman–Crippen MR) is 73.1 cm³/mol. The van der Waals surface area contributed by atoms with Gasteiger partial charge in [0.25, 0.3) is 0 Å². The molecule has 0 saturated heterocycles. The van der Waals surface area contributed by atoms with Crippen LogP contribution in [0.1, 0.15) is 25.6 Å². The van der Waals surface area contributed by atoms with E-state index < -0.39 is 0 Å². The SMILES string of the molecule is CC(C)(C)SCCNCCc1cccs1. The molecule has 0 aliphatic carbocycles. The van der Waals surface area contributed by atoms with Gasteiger partial charge in [0.1, 0.15) is 0 Å². The summed E-state index contributed by atoms with van der Waals surface area (Å²) in [5.74, 6) is 1.20. The van der Waals surface area contributed by atoms with Gasteiger partial charge in [-0.3, -0.25) is 0 Å². The molecule has 0 saturated carbocycles. The standard InChI is InChI=1S/C12H21NS2/c1-12(2,3)15-10-8-13-7-6-11-5-4-9-14-11/h4-5,9,13H,6-8,10H2,1-3H3. The average molecular weight is 243 g/mol. The Morgan fingerprint density at radius 3 is 2.73 bits per heavy atom. The van der Waals surface area contributed by atoms with Crippen LogP contribution < -0.4 is 5.32 Å². The van der Waals surface area contributed by atoms with Crippen LogP contribution in [0.3, 0.4) is 0 Å². The van der Waals surface area contributed by atoms with Crippen molar-refractivity contribution in [2.75, 3.05) is 18.8 Å². The lowest BCUT2D eigenvalue weighted by Crippen LogP contribution is -2.21. The first-order valence-electron chi connectivity index (χ1n) is 5.45. The van der Waals surface area contributed by atoms with Gasteiger partial charge in [-0.1, -0.05) is 26.8 Å². The molecule has 0 amide bonds. The second-order valence-corrected chi connectivity index (χ2v) is 7.49. The lowest BCUT2D eigenvalue weighted by Gasteiger charge is -2.17. The van der Waals surface area contributed by atoms with Gasteiger partial charge in [-0.05, 0) is 24.4 Å². The molecule has 15 heavy (non-hydrogen) atoms. The second kappa shape index (κ2) is 6.56. The van der Waals surface area contributed by atoms with Crippen molar-refractivity contribution in [1.82, 2.24) is 5.32 Å². The van der Waals surface area contributed by atoms with Crippen LogP contribution in [0.4, 0.5) is 0 Å². The van der Waals surface area contributed by atoms with Crippen LogP contribution in [-0.4, -0.2) is 23.6 Å². The number of rotatable bonds is 6. The highest BCUT2D eigenvalue weighted by atomic mass is 32.2. The lowest BCUT2D eigenvalue weighted by atomic mass is 10.3. The molecule has 0 aliphatic rings. The van der Waals surface area contributed by atoms with Gasteiger partial charge < -0.3 is 5.32 Å². The molecule has 0 radical (unpaired) electrons. The zero-order valence-electron chi connectivity index (χ0n) is 9.88.